The van der Waals surface area contributed by atoms with Gasteiger partial charge in [-0.3, -0.25) is 9.35 Å². The van der Waals surface area contributed by atoms with Crippen LogP contribution in [0.25, 0.3) is 0 Å². The number of carbonyl (C=O) groups is 1. The summed E-state index contributed by atoms with van der Waals surface area (Å²) in [6.07, 6.45) is 7.08. The van der Waals surface area contributed by atoms with Gasteiger partial charge in [-0.05, 0) is 75.5 Å². The normalized spacial score (nSPS) is 41.0. The van der Waals surface area contributed by atoms with Gasteiger partial charge in [-0.1, -0.05) is 0 Å². The minimum absolute atomic E-state index is 0.0101. The van der Waals surface area contributed by atoms with Crippen molar-refractivity contribution in [2.75, 3.05) is 6.61 Å². The molecule has 4 fully saturated rings. The van der Waals surface area contributed by atoms with Crippen LogP contribution < -0.4 is 0 Å². The van der Waals surface area contributed by atoms with Crippen LogP contribution in [0.5, 0.6) is 0 Å². The van der Waals surface area contributed by atoms with Gasteiger partial charge in [-0.2, -0.15) is 8.42 Å². The molecule has 21 heavy (non-hydrogen) atoms. The zero-order valence-electron chi connectivity index (χ0n) is 12.7. The molecule has 5 nitrogen and oxygen atoms in total. The van der Waals surface area contributed by atoms with Gasteiger partial charge in [0.2, 0.25) is 4.93 Å². The number of hydrogen-bond acceptors (Lipinski definition) is 4. The second-order valence-corrected chi connectivity index (χ2v) is 9.41. The van der Waals surface area contributed by atoms with E-state index >= 15 is 0 Å². The predicted octanol–water partition coefficient (Wildman–Crippen LogP) is 2.41. The molecule has 4 rings (SSSR count). The van der Waals surface area contributed by atoms with Gasteiger partial charge in [0.15, 0.2) is 5.78 Å². The van der Waals surface area contributed by atoms with E-state index in [1.165, 1.54) is 19.3 Å². The molecular formula is C15H24O5S. The van der Waals surface area contributed by atoms with Crippen molar-refractivity contribution in [2.24, 2.45) is 23.2 Å². The molecule has 4 saturated carbocycles. The highest BCUT2D eigenvalue weighted by Crippen LogP contribution is 2.60. The summed E-state index contributed by atoms with van der Waals surface area (Å²) in [6, 6.07) is 0. The first kappa shape index (κ1) is 15.4. The number of rotatable bonds is 5. The molecule has 1 N–H and O–H groups in total. The van der Waals surface area contributed by atoms with Gasteiger partial charge in [0, 0.05) is 0 Å². The third-order valence-corrected chi connectivity index (χ3v) is 7.34. The van der Waals surface area contributed by atoms with Crippen LogP contribution in [-0.4, -0.2) is 30.3 Å². The Morgan fingerprint density at radius 3 is 1.95 bits per heavy atom. The Morgan fingerprint density at radius 1 is 1.19 bits per heavy atom. The maximum Gasteiger partial charge on any atom is 0.302 e. The molecule has 0 heterocycles. The van der Waals surface area contributed by atoms with E-state index in [1.54, 1.807) is 0 Å². The van der Waals surface area contributed by atoms with E-state index in [-0.39, 0.29) is 12.0 Å². The van der Waals surface area contributed by atoms with E-state index in [0.717, 1.165) is 50.9 Å². The van der Waals surface area contributed by atoms with Crippen LogP contribution in [0.15, 0.2) is 0 Å². The molecule has 4 aliphatic rings. The Morgan fingerprint density at radius 2 is 1.62 bits per heavy atom. The van der Waals surface area contributed by atoms with E-state index in [2.05, 4.69) is 0 Å². The fourth-order valence-electron chi connectivity index (χ4n) is 5.12. The minimum atomic E-state index is -4.57. The average molecular weight is 316 g/mol. The maximum atomic E-state index is 11.7. The van der Waals surface area contributed by atoms with Gasteiger partial charge in [0.25, 0.3) is 0 Å². The lowest BCUT2D eigenvalue weighted by molar-refractivity contribution is -0.145. The van der Waals surface area contributed by atoms with Gasteiger partial charge in [-0.15, -0.1) is 0 Å². The number of ketones is 1. The first-order valence-electron chi connectivity index (χ1n) is 7.76. The smallest absolute Gasteiger partial charge is 0.302 e. The lowest BCUT2D eigenvalue weighted by atomic mass is 9.50. The van der Waals surface area contributed by atoms with Crippen molar-refractivity contribution in [1.82, 2.24) is 0 Å². The number of carbonyl (C=O) groups excluding carboxylic acids is 1. The molecule has 1 unspecified atom stereocenters. The quantitative estimate of drug-likeness (QED) is 0.788. The zero-order chi connectivity index (χ0) is 15.5. The SMILES string of the molecule is CC(=O)C(C)(OCC12CC3CC(CC(C3)C1)C2)S(=O)(=O)O. The van der Waals surface area contributed by atoms with Crippen LogP contribution in [0.3, 0.4) is 0 Å². The zero-order valence-corrected chi connectivity index (χ0v) is 13.5. The van der Waals surface area contributed by atoms with Crippen LogP contribution in [0.4, 0.5) is 0 Å². The van der Waals surface area contributed by atoms with Crippen molar-refractivity contribution >= 4 is 15.9 Å². The summed E-state index contributed by atoms with van der Waals surface area (Å²) in [5.41, 5.74) is 0.0101. The average Bonchev–Trinajstić information content (AvgIpc) is 2.32. The topological polar surface area (TPSA) is 80.7 Å². The highest BCUT2D eigenvalue weighted by atomic mass is 32.2. The molecule has 0 radical (unpaired) electrons. The van der Waals surface area contributed by atoms with Crippen LogP contribution in [-0.2, 0) is 19.6 Å². The van der Waals surface area contributed by atoms with Gasteiger partial charge >= 0.3 is 10.1 Å². The fraction of sp³-hybridized carbons (Fsp3) is 0.933. The first-order chi connectivity index (χ1) is 9.64. The van der Waals surface area contributed by atoms with E-state index in [0.29, 0.717) is 0 Å². The minimum Gasteiger partial charge on any atom is -0.350 e. The lowest BCUT2D eigenvalue weighted by Crippen LogP contribution is -2.52. The molecule has 1 atom stereocenters. The van der Waals surface area contributed by atoms with Crippen LogP contribution in [0.2, 0.25) is 0 Å². The summed E-state index contributed by atoms with van der Waals surface area (Å²) >= 11 is 0. The van der Waals surface area contributed by atoms with Crippen LogP contribution in [0.1, 0.15) is 52.4 Å². The van der Waals surface area contributed by atoms with Crippen molar-refractivity contribution in [3.05, 3.63) is 0 Å². The summed E-state index contributed by atoms with van der Waals surface area (Å²) in [5.74, 6) is 1.52. The van der Waals surface area contributed by atoms with E-state index < -0.39 is 20.8 Å². The summed E-state index contributed by atoms with van der Waals surface area (Å²) in [6.45, 7) is 2.56. The van der Waals surface area contributed by atoms with Crippen molar-refractivity contribution in [3.63, 3.8) is 0 Å². The molecule has 0 amide bonds. The van der Waals surface area contributed by atoms with E-state index in [1.807, 2.05) is 0 Å². The predicted molar refractivity (Wildman–Crippen MR) is 77.2 cm³/mol. The molecule has 0 aliphatic heterocycles. The number of hydrogen-bond donors (Lipinski definition) is 1. The van der Waals surface area contributed by atoms with Gasteiger partial charge in [0.1, 0.15) is 0 Å². The Hall–Kier alpha value is -0.460. The third kappa shape index (κ3) is 2.55. The van der Waals surface area contributed by atoms with Gasteiger partial charge in [0.05, 0.1) is 6.61 Å². The third-order valence-electron chi connectivity index (χ3n) is 5.95. The Balaban J connectivity index is 1.76. The van der Waals surface area contributed by atoms with Gasteiger partial charge in [-0.25, -0.2) is 0 Å². The Bertz CT molecular complexity index is 517. The Kier molecular flexibility index (Phi) is 3.50. The molecule has 4 aliphatic carbocycles. The van der Waals surface area contributed by atoms with Crippen molar-refractivity contribution in [3.8, 4) is 0 Å². The largest absolute Gasteiger partial charge is 0.350 e. The second kappa shape index (κ2) is 4.77. The molecule has 0 aromatic rings. The summed E-state index contributed by atoms with van der Waals surface area (Å²) in [4.78, 5) is 9.54. The fourth-order valence-corrected chi connectivity index (χ4v) is 5.69. The molecule has 0 saturated heterocycles. The summed E-state index contributed by atoms with van der Waals surface area (Å²) in [5, 5.41) is 0. The van der Waals surface area contributed by atoms with E-state index in [9.17, 15) is 17.8 Å². The van der Waals surface area contributed by atoms with Crippen molar-refractivity contribution < 1.29 is 22.5 Å². The van der Waals surface area contributed by atoms with Crippen molar-refractivity contribution in [2.45, 2.75) is 57.3 Å². The lowest BCUT2D eigenvalue weighted by Gasteiger charge is -2.57. The van der Waals surface area contributed by atoms with Gasteiger partial charge < -0.3 is 4.74 Å². The molecule has 0 aromatic carbocycles. The molecular weight excluding hydrogens is 292 g/mol. The highest BCUT2D eigenvalue weighted by molar-refractivity contribution is 7.87. The highest BCUT2D eigenvalue weighted by Gasteiger charge is 2.53. The number of ether oxygens (including phenoxy) is 1. The molecule has 0 spiro atoms. The van der Waals surface area contributed by atoms with Crippen molar-refractivity contribution in [1.29, 1.82) is 0 Å². The summed E-state index contributed by atoms with van der Waals surface area (Å²) < 4.78 is 37.9. The Labute approximate surface area is 126 Å². The van der Waals surface area contributed by atoms with Crippen LogP contribution in [0, 0.1) is 23.2 Å². The van der Waals surface area contributed by atoms with E-state index in [4.69, 9.17) is 4.74 Å². The number of Topliss-reactive ketones (excluding diaryl/α,β-unsaturated/α-hetero) is 1. The molecule has 120 valence electrons. The van der Waals surface area contributed by atoms with Crippen LogP contribution >= 0.6 is 0 Å². The molecule has 0 aromatic heterocycles. The maximum absolute atomic E-state index is 11.7. The summed E-state index contributed by atoms with van der Waals surface area (Å²) in [7, 11) is -4.57. The molecule has 6 heteroatoms. The molecule has 4 bridgehead atoms. The first-order valence-corrected chi connectivity index (χ1v) is 9.20. The standard InChI is InChI=1S/C15H24O5S/c1-10(16)14(2,21(17,18)19)20-9-15-6-11-3-12(7-15)5-13(4-11)8-15/h11-13H,3-9H2,1-2H3,(H,17,18,19). The monoisotopic (exact) mass is 316 g/mol. The second-order valence-electron chi connectivity index (χ2n) is 7.68.